The Labute approximate surface area is 225 Å². The van der Waals surface area contributed by atoms with Gasteiger partial charge in [0.25, 0.3) is 0 Å². The number of nitrogens with one attached hydrogen (secondary N) is 2. The minimum atomic E-state index is -2.52. The molecule has 10 nitrogen and oxygen atoms in total. The number of aromatic nitrogens is 4. The Balaban J connectivity index is 1.41. The van der Waals surface area contributed by atoms with E-state index in [2.05, 4.69) is 20.8 Å². The third kappa shape index (κ3) is 5.83. The average molecular weight is 550 g/mol. The van der Waals surface area contributed by atoms with Gasteiger partial charge in [-0.15, -0.1) is 16.4 Å². The van der Waals surface area contributed by atoms with Gasteiger partial charge in [-0.3, -0.25) is 18.1 Å². The van der Waals surface area contributed by atoms with E-state index in [4.69, 9.17) is 4.84 Å². The van der Waals surface area contributed by atoms with Crippen LogP contribution in [0.2, 0.25) is 0 Å². The molecule has 3 aromatic heterocycles. The second kappa shape index (κ2) is 12.1. The molecule has 0 spiro atoms. The van der Waals surface area contributed by atoms with Gasteiger partial charge in [0.15, 0.2) is 0 Å². The van der Waals surface area contributed by atoms with Gasteiger partial charge in [-0.25, -0.2) is 10.2 Å². The van der Waals surface area contributed by atoms with E-state index in [0.29, 0.717) is 29.9 Å². The van der Waals surface area contributed by atoms with Crippen molar-refractivity contribution in [2.75, 3.05) is 10.9 Å². The van der Waals surface area contributed by atoms with Crippen LogP contribution in [0.25, 0.3) is 21.3 Å². The van der Waals surface area contributed by atoms with E-state index in [1.807, 2.05) is 66.9 Å². The molecule has 1 unspecified atom stereocenters. The Hall–Kier alpha value is -3.84. The molecule has 0 saturated carbocycles. The summed E-state index contributed by atoms with van der Waals surface area (Å²) in [7, 11) is 0. The number of carbonyl (C=O) groups excluding carboxylic acids is 1. The van der Waals surface area contributed by atoms with Gasteiger partial charge in [0.05, 0.1) is 31.1 Å². The van der Waals surface area contributed by atoms with Gasteiger partial charge < -0.3 is 9.54 Å². The fourth-order valence-electron chi connectivity index (χ4n) is 4.41. The summed E-state index contributed by atoms with van der Waals surface area (Å²) < 4.78 is 27.7. The standard InChI is InChI=1S/C26H26N6O4S2/c33-18-29-36-13-12-21(14-20-15-27-24-9-5-4-8-23(20)24)32-22(16-28-30-32)17-31(38(34)35)26-11-10-25(37-26)19-6-2-1-3-7-19/h1-11,15-16,18,21,27H,12-14,17H2,(H,29,33)(H,34,35)/p-1/t21-/m0/s1. The molecule has 0 aliphatic heterocycles. The molecule has 0 aliphatic rings. The Morgan fingerprint density at radius 3 is 2.79 bits per heavy atom. The molecule has 2 atom stereocenters. The predicted octanol–water partition coefficient (Wildman–Crippen LogP) is 4.14. The monoisotopic (exact) mass is 549 g/mol. The van der Waals surface area contributed by atoms with Gasteiger partial charge in [0, 0.05) is 33.2 Å². The summed E-state index contributed by atoms with van der Waals surface area (Å²) in [4.78, 5) is 20.1. The number of aromatic amines is 1. The molecular formula is C26H25N6O4S2-. The molecule has 0 aliphatic carbocycles. The van der Waals surface area contributed by atoms with Crippen molar-refractivity contribution < 1.29 is 18.4 Å². The van der Waals surface area contributed by atoms with Crippen molar-refractivity contribution in [1.29, 1.82) is 0 Å². The first-order valence-corrected chi connectivity index (χ1v) is 13.8. The van der Waals surface area contributed by atoms with E-state index in [-0.39, 0.29) is 19.2 Å². The van der Waals surface area contributed by atoms with Crippen molar-refractivity contribution >= 4 is 44.9 Å². The van der Waals surface area contributed by atoms with E-state index in [1.54, 1.807) is 16.9 Å². The van der Waals surface area contributed by atoms with Gasteiger partial charge in [0.2, 0.25) is 6.41 Å². The summed E-state index contributed by atoms with van der Waals surface area (Å²) in [5.41, 5.74) is 5.99. The molecule has 196 valence electrons. The van der Waals surface area contributed by atoms with Gasteiger partial charge >= 0.3 is 0 Å². The van der Waals surface area contributed by atoms with Crippen LogP contribution in [0.15, 0.2) is 79.1 Å². The summed E-state index contributed by atoms with van der Waals surface area (Å²) >= 11 is -1.11. The number of H-pyrrole nitrogens is 1. The Kier molecular flexibility index (Phi) is 8.24. The van der Waals surface area contributed by atoms with Crippen LogP contribution in [-0.4, -0.2) is 41.8 Å². The molecule has 5 rings (SSSR count). The molecule has 0 radical (unpaired) electrons. The maximum Gasteiger partial charge on any atom is 0.230 e. The summed E-state index contributed by atoms with van der Waals surface area (Å²) in [5, 5.41) is 10.1. The molecule has 12 heteroatoms. The minimum Gasteiger partial charge on any atom is -0.755 e. The predicted molar refractivity (Wildman–Crippen MR) is 146 cm³/mol. The number of para-hydroxylation sites is 1. The number of anilines is 1. The maximum atomic E-state index is 12.3. The zero-order valence-electron chi connectivity index (χ0n) is 20.2. The fraction of sp³-hybridized carbons (Fsp3) is 0.192. The number of hydrogen-bond donors (Lipinski definition) is 2. The molecule has 38 heavy (non-hydrogen) atoms. The van der Waals surface area contributed by atoms with E-state index in [9.17, 15) is 13.6 Å². The fourth-order valence-corrected chi connectivity index (χ4v) is 6.07. The Morgan fingerprint density at radius 2 is 1.97 bits per heavy atom. The molecule has 0 bridgehead atoms. The zero-order valence-corrected chi connectivity index (χ0v) is 21.9. The molecule has 5 aromatic rings. The number of amides is 1. The van der Waals surface area contributed by atoms with Crippen molar-refractivity contribution in [3.63, 3.8) is 0 Å². The number of fused-ring (bicyclic) bond motifs is 1. The minimum absolute atomic E-state index is 0.0652. The number of hydroxylamine groups is 1. The molecule has 1 amide bonds. The van der Waals surface area contributed by atoms with Gasteiger partial charge in [0.1, 0.15) is 5.00 Å². The quantitative estimate of drug-likeness (QED) is 0.0983. The summed E-state index contributed by atoms with van der Waals surface area (Å²) in [6.07, 6.45) is 5.13. The zero-order chi connectivity index (χ0) is 26.3. The second-order valence-corrected chi connectivity index (χ2v) is 10.5. The lowest BCUT2D eigenvalue weighted by Crippen LogP contribution is -2.27. The highest BCUT2D eigenvalue weighted by molar-refractivity contribution is 7.80. The van der Waals surface area contributed by atoms with Crippen LogP contribution in [0.4, 0.5) is 5.00 Å². The van der Waals surface area contributed by atoms with Crippen LogP contribution in [0.5, 0.6) is 0 Å². The highest BCUT2D eigenvalue weighted by Crippen LogP contribution is 2.35. The highest BCUT2D eigenvalue weighted by Gasteiger charge is 2.22. The lowest BCUT2D eigenvalue weighted by atomic mass is 10.0. The van der Waals surface area contributed by atoms with Crippen LogP contribution in [0.3, 0.4) is 0 Å². The van der Waals surface area contributed by atoms with Gasteiger partial charge in [-0.1, -0.05) is 53.7 Å². The Morgan fingerprint density at radius 1 is 1.16 bits per heavy atom. The SMILES string of the molecule is O=CNOCC[C@@H](Cc1c[nH]c2ccccc12)n1nncc1CN(c1ccc(-c2ccccc2)s1)S(=O)[O-]. The van der Waals surface area contributed by atoms with Crippen LogP contribution in [0, 0.1) is 0 Å². The first-order chi connectivity index (χ1) is 18.6. The molecule has 3 heterocycles. The lowest BCUT2D eigenvalue weighted by molar-refractivity contribution is -0.120. The normalized spacial score (nSPS) is 12.9. The smallest absolute Gasteiger partial charge is 0.230 e. The van der Waals surface area contributed by atoms with E-state index in [1.165, 1.54) is 15.6 Å². The van der Waals surface area contributed by atoms with Crippen LogP contribution < -0.4 is 9.79 Å². The van der Waals surface area contributed by atoms with Crippen LogP contribution in [-0.2, 0) is 33.9 Å². The molecule has 2 N–H and O–H groups in total. The van der Waals surface area contributed by atoms with Crippen LogP contribution in [0.1, 0.15) is 23.7 Å². The molecule has 2 aromatic carbocycles. The molecular weight excluding hydrogens is 524 g/mol. The van der Waals surface area contributed by atoms with Crippen molar-refractivity contribution in [2.24, 2.45) is 0 Å². The topological polar surface area (TPSA) is 128 Å². The average Bonchev–Trinajstić information content (AvgIpc) is 3.70. The van der Waals surface area contributed by atoms with Crippen LogP contribution >= 0.6 is 11.3 Å². The maximum absolute atomic E-state index is 12.3. The number of thiophene rings is 1. The van der Waals surface area contributed by atoms with E-state index < -0.39 is 11.3 Å². The van der Waals surface area contributed by atoms with Crippen molar-refractivity contribution in [1.82, 2.24) is 25.5 Å². The highest BCUT2D eigenvalue weighted by atomic mass is 32.2. The Bertz CT molecular complexity index is 1520. The second-order valence-electron chi connectivity index (χ2n) is 8.52. The number of benzene rings is 2. The lowest BCUT2D eigenvalue weighted by Gasteiger charge is -2.26. The first-order valence-electron chi connectivity index (χ1n) is 11.9. The van der Waals surface area contributed by atoms with E-state index >= 15 is 0 Å². The van der Waals surface area contributed by atoms with Gasteiger partial charge in [-0.05, 0) is 42.2 Å². The number of rotatable bonds is 13. The summed E-state index contributed by atoms with van der Waals surface area (Å²) in [5.74, 6) is 0. The van der Waals surface area contributed by atoms with Crippen molar-refractivity contribution in [3.05, 3.63) is 90.4 Å². The van der Waals surface area contributed by atoms with E-state index in [0.717, 1.165) is 26.9 Å². The third-order valence-corrected chi connectivity index (χ3v) is 8.15. The largest absolute Gasteiger partial charge is 0.755 e. The molecule has 0 fully saturated rings. The number of nitrogens with zero attached hydrogens (tertiary/aromatic N) is 4. The number of carbonyl (C=O) groups is 1. The van der Waals surface area contributed by atoms with Crippen molar-refractivity contribution in [2.45, 2.75) is 25.4 Å². The molecule has 0 saturated heterocycles. The first kappa shape index (κ1) is 25.8. The third-order valence-electron chi connectivity index (χ3n) is 6.19. The summed E-state index contributed by atoms with van der Waals surface area (Å²) in [6, 6.07) is 21.4. The van der Waals surface area contributed by atoms with Crippen molar-refractivity contribution in [3.8, 4) is 10.4 Å². The summed E-state index contributed by atoms with van der Waals surface area (Å²) in [6.45, 7) is 0.309. The number of hydrogen-bond acceptors (Lipinski definition) is 7. The van der Waals surface area contributed by atoms with Gasteiger partial charge in [-0.2, -0.15) is 0 Å².